The lowest BCUT2D eigenvalue weighted by atomic mass is 9.92. The van der Waals surface area contributed by atoms with Crippen molar-refractivity contribution in [1.82, 2.24) is 14.8 Å². The average molecular weight is 452 g/mol. The summed E-state index contributed by atoms with van der Waals surface area (Å²) >= 11 is 0.929. The number of aromatic nitrogens is 3. The fourth-order valence-electron chi connectivity index (χ4n) is 3.14. The van der Waals surface area contributed by atoms with Crippen molar-refractivity contribution in [3.05, 3.63) is 52.7 Å². The molecule has 0 atom stereocenters. The van der Waals surface area contributed by atoms with E-state index in [1.807, 2.05) is 27.7 Å². The molecule has 0 fully saturated rings. The van der Waals surface area contributed by atoms with Gasteiger partial charge in [0.2, 0.25) is 9.84 Å². The number of sulfone groups is 1. The van der Waals surface area contributed by atoms with Gasteiger partial charge in [0.1, 0.15) is 25.5 Å². The molecule has 6 nitrogen and oxygen atoms in total. The summed E-state index contributed by atoms with van der Waals surface area (Å²) < 4.78 is 41.9. The van der Waals surface area contributed by atoms with Crippen molar-refractivity contribution in [1.29, 1.82) is 0 Å². The highest BCUT2D eigenvalue weighted by Crippen LogP contribution is 2.34. The molecule has 0 radical (unpaired) electrons. The molecule has 0 amide bonds. The highest BCUT2D eigenvalue weighted by atomic mass is 32.2. The quantitative estimate of drug-likeness (QED) is 0.583. The Morgan fingerprint density at radius 2 is 1.67 bits per heavy atom. The summed E-state index contributed by atoms with van der Waals surface area (Å²) in [4.78, 5) is 4.06. The summed E-state index contributed by atoms with van der Waals surface area (Å²) in [5.74, 6) is -0.281. The molecular formula is C21H26FN3O3S2. The van der Waals surface area contributed by atoms with Crippen molar-refractivity contribution in [2.24, 2.45) is 0 Å². The summed E-state index contributed by atoms with van der Waals surface area (Å²) in [5.41, 5.74) is 0.986. The first-order valence-corrected chi connectivity index (χ1v) is 11.9. The van der Waals surface area contributed by atoms with E-state index < -0.39 is 15.4 Å². The Hall–Kier alpha value is -2.10. The van der Waals surface area contributed by atoms with Crippen LogP contribution in [0.2, 0.25) is 0 Å². The molecule has 30 heavy (non-hydrogen) atoms. The second kappa shape index (κ2) is 7.86. The van der Waals surface area contributed by atoms with Crippen LogP contribution in [0, 0.1) is 5.82 Å². The van der Waals surface area contributed by atoms with Crippen LogP contribution in [0.1, 0.15) is 69.5 Å². The van der Waals surface area contributed by atoms with Crippen LogP contribution in [0.5, 0.6) is 0 Å². The van der Waals surface area contributed by atoms with Gasteiger partial charge in [0.25, 0.3) is 0 Å². The van der Waals surface area contributed by atoms with E-state index in [9.17, 15) is 17.9 Å². The minimum atomic E-state index is -3.85. The Morgan fingerprint density at radius 3 is 2.13 bits per heavy atom. The number of hydrogen-bond donors (Lipinski definition) is 1. The van der Waals surface area contributed by atoms with E-state index in [4.69, 9.17) is 0 Å². The van der Waals surface area contributed by atoms with Crippen LogP contribution in [-0.4, -0.2) is 28.3 Å². The maximum atomic E-state index is 14.2. The lowest BCUT2D eigenvalue weighted by Gasteiger charge is -2.19. The fourth-order valence-corrected chi connectivity index (χ4v) is 5.60. The van der Waals surface area contributed by atoms with E-state index in [2.05, 4.69) is 10.1 Å². The molecule has 0 aliphatic carbocycles. The molecule has 0 saturated carbocycles. The third-order valence-corrected chi connectivity index (χ3v) is 8.23. The number of halogens is 1. The predicted octanol–water partition coefficient (Wildman–Crippen LogP) is 4.77. The number of rotatable bonds is 6. The van der Waals surface area contributed by atoms with Crippen molar-refractivity contribution < 1.29 is 17.9 Å². The molecular weight excluding hydrogens is 425 g/mol. The van der Waals surface area contributed by atoms with Gasteiger partial charge in [-0.25, -0.2) is 22.5 Å². The lowest BCUT2D eigenvalue weighted by Crippen LogP contribution is -2.14. The molecule has 2 heterocycles. The van der Waals surface area contributed by atoms with Crippen LogP contribution in [0.25, 0.3) is 5.69 Å². The number of benzene rings is 1. The molecule has 1 N–H and O–H groups in total. The maximum Gasteiger partial charge on any atom is 0.220 e. The van der Waals surface area contributed by atoms with Gasteiger partial charge in [0.15, 0.2) is 0 Å². The first-order chi connectivity index (χ1) is 13.8. The minimum absolute atomic E-state index is 0.0159. The summed E-state index contributed by atoms with van der Waals surface area (Å²) in [6.45, 7) is 10.9. The van der Waals surface area contributed by atoms with Crippen LogP contribution >= 0.6 is 11.3 Å². The van der Waals surface area contributed by atoms with Crippen LogP contribution < -0.4 is 0 Å². The van der Waals surface area contributed by atoms with Gasteiger partial charge < -0.3 is 5.11 Å². The standard InChI is InChI=1S/C21H26FN3O3S2/c1-12(2)16-7-14(22)8-17(13(3)4)19(16)25-11-15(9-24-25)30(27,28)18-10-23-20(29-18)21(5,6)26/h7-13,26H,1-6H3. The largest absolute Gasteiger partial charge is 0.383 e. The second-order valence-corrected chi connectivity index (χ2v) is 11.6. The highest BCUT2D eigenvalue weighted by Gasteiger charge is 2.28. The van der Waals surface area contributed by atoms with Gasteiger partial charge in [-0.05, 0) is 48.9 Å². The van der Waals surface area contributed by atoms with Crippen LogP contribution in [0.15, 0.2) is 39.8 Å². The smallest absolute Gasteiger partial charge is 0.220 e. The first-order valence-electron chi connectivity index (χ1n) is 9.64. The Kier molecular flexibility index (Phi) is 5.92. The van der Waals surface area contributed by atoms with Crippen molar-refractivity contribution in [3.8, 4) is 5.69 Å². The Labute approximate surface area is 180 Å². The van der Waals surface area contributed by atoms with Gasteiger partial charge in [0.05, 0.1) is 18.1 Å². The molecule has 9 heteroatoms. The molecule has 1 aromatic carbocycles. The van der Waals surface area contributed by atoms with Gasteiger partial charge >= 0.3 is 0 Å². The number of hydrogen-bond acceptors (Lipinski definition) is 6. The lowest BCUT2D eigenvalue weighted by molar-refractivity contribution is 0.0783. The van der Waals surface area contributed by atoms with Crippen molar-refractivity contribution in [2.75, 3.05) is 0 Å². The van der Waals surface area contributed by atoms with Crippen molar-refractivity contribution in [2.45, 2.75) is 68.1 Å². The van der Waals surface area contributed by atoms with E-state index in [1.54, 1.807) is 13.8 Å². The zero-order chi connectivity index (χ0) is 22.4. The van der Waals surface area contributed by atoms with Crippen LogP contribution in [0.3, 0.4) is 0 Å². The molecule has 2 aromatic heterocycles. The Morgan fingerprint density at radius 1 is 1.10 bits per heavy atom. The monoisotopic (exact) mass is 451 g/mol. The molecule has 0 saturated heterocycles. The van der Waals surface area contributed by atoms with Crippen LogP contribution in [0.4, 0.5) is 4.39 Å². The number of thiazole rings is 1. The van der Waals surface area contributed by atoms with E-state index in [0.29, 0.717) is 10.7 Å². The normalized spacial score (nSPS) is 12.9. The van der Waals surface area contributed by atoms with Gasteiger partial charge in [0, 0.05) is 6.20 Å². The number of aliphatic hydroxyl groups is 1. The molecule has 0 unspecified atom stereocenters. The highest BCUT2D eigenvalue weighted by molar-refractivity contribution is 7.93. The zero-order valence-electron chi connectivity index (χ0n) is 17.8. The SMILES string of the molecule is CC(C)c1cc(F)cc(C(C)C)c1-n1cc(S(=O)(=O)c2cnc(C(C)(C)O)s2)cn1. The minimum Gasteiger partial charge on any atom is -0.383 e. The van der Waals surface area contributed by atoms with E-state index in [1.165, 1.54) is 35.4 Å². The van der Waals surface area contributed by atoms with E-state index in [0.717, 1.165) is 22.5 Å². The Balaban J connectivity index is 2.12. The molecule has 3 rings (SSSR count). The summed E-state index contributed by atoms with van der Waals surface area (Å²) in [6, 6.07) is 2.95. The second-order valence-electron chi connectivity index (χ2n) is 8.41. The zero-order valence-corrected chi connectivity index (χ0v) is 19.5. The summed E-state index contributed by atoms with van der Waals surface area (Å²) in [7, 11) is -3.85. The first kappa shape index (κ1) is 22.6. The topological polar surface area (TPSA) is 85.1 Å². The van der Waals surface area contributed by atoms with Gasteiger partial charge in [-0.15, -0.1) is 11.3 Å². The van der Waals surface area contributed by atoms with Gasteiger partial charge in [-0.2, -0.15) is 5.10 Å². The predicted molar refractivity (Wildman–Crippen MR) is 115 cm³/mol. The van der Waals surface area contributed by atoms with E-state index in [-0.39, 0.29) is 26.8 Å². The third-order valence-electron chi connectivity index (χ3n) is 4.75. The third kappa shape index (κ3) is 4.19. The van der Waals surface area contributed by atoms with Gasteiger partial charge in [-0.1, -0.05) is 27.7 Å². The molecule has 0 aliphatic heterocycles. The average Bonchev–Trinajstić information content (AvgIpc) is 3.30. The van der Waals surface area contributed by atoms with Gasteiger partial charge in [-0.3, -0.25) is 0 Å². The van der Waals surface area contributed by atoms with Crippen molar-refractivity contribution >= 4 is 21.2 Å². The maximum absolute atomic E-state index is 14.2. The summed E-state index contributed by atoms with van der Waals surface area (Å²) in [6.07, 6.45) is 3.99. The molecule has 162 valence electrons. The fraction of sp³-hybridized carbons (Fsp3) is 0.429. The van der Waals surface area contributed by atoms with Crippen molar-refractivity contribution in [3.63, 3.8) is 0 Å². The molecule has 0 spiro atoms. The molecule has 0 bridgehead atoms. The molecule has 3 aromatic rings. The number of nitrogens with zero attached hydrogens (tertiary/aromatic N) is 3. The van der Waals surface area contributed by atoms with E-state index >= 15 is 0 Å². The summed E-state index contributed by atoms with van der Waals surface area (Å²) in [5, 5.41) is 14.7. The Bertz CT molecular complexity index is 1140. The molecule has 0 aliphatic rings. The van der Waals surface area contributed by atoms with Crippen LogP contribution in [-0.2, 0) is 15.4 Å².